The fraction of sp³-hybridized carbons (Fsp3) is 0.571. The van der Waals surface area contributed by atoms with Crippen LogP contribution in [-0.2, 0) is 0 Å². The van der Waals surface area contributed by atoms with Crippen molar-refractivity contribution >= 4 is 13.3 Å². The molecule has 17 heavy (non-hydrogen) atoms. The van der Waals surface area contributed by atoms with Gasteiger partial charge in [-0.3, -0.25) is 0 Å². The molecule has 1 saturated carbocycles. The van der Waals surface area contributed by atoms with E-state index in [1.165, 1.54) is 12.8 Å². The van der Waals surface area contributed by atoms with Gasteiger partial charge >= 0.3 is 0 Å². The van der Waals surface area contributed by atoms with Crippen molar-refractivity contribution in [2.24, 2.45) is 5.92 Å². The highest BCUT2D eigenvalue weighted by atomic mass is 16.5. The lowest BCUT2D eigenvalue weighted by molar-refractivity contribution is 0.339. The van der Waals surface area contributed by atoms with Crippen molar-refractivity contribution in [1.82, 2.24) is 0 Å². The number of benzene rings is 1. The molecular weight excluding hydrogens is 211 g/mol. The molecule has 2 nitrogen and oxygen atoms in total. The predicted octanol–water partition coefficient (Wildman–Crippen LogP) is 2.20. The van der Waals surface area contributed by atoms with Crippen LogP contribution in [0.4, 0.5) is 0 Å². The van der Waals surface area contributed by atoms with Crippen LogP contribution in [0.2, 0.25) is 0 Å². The Kier molecular flexibility index (Phi) is 2.39. The molecule has 2 atom stereocenters. The third-order valence-corrected chi connectivity index (χ3v) is 4.14. The summed E-state index contributed by atoms with van der Waals surface area (Å²) in [5.41, 5.74) is 2.58. The third-order valence-electron chi connectivity index (χ3n) is 4.14. The largest absolute Gasteiger partial charge is 0.507 e. The first-order valence-corrected chi connectivity index (χ1v) is 6.37. The second kappa shape index (κ2) is 3.69. The van der Waals surface area contributed by atoms with Gasteiger partial charge in [-0.1, -0.05) is 25.4 Å². The lowest BCUT2D eigenvalue weighted by atomic mass is 9.83. The number of fused-ring (bicyclic) bond motifs is 1. The van der Waals surface area contributed by atoms with E-state index in [4.69, 9.17) is 12.6 Å². The molecule has 1 aliphatic carbocycles. The fourth-order valence-electron chi connectivity index (χ4n) is 2.83. The molecule has 0 saturated heterocycles. The van der Waals surface area contributed by atoms with Gasteiger partial charge in [-0.25, -0.2) is 0 Å². The second-order valence-electron chi connectivity index (χ2n) is 5.48. The molecule has 88 valence electrons. The van der Waals surface area contributed by atoms with Crippen LogP contribution >= 0.6 is 0 Å². The van der Waals surface area contributed by atoms with Gasteiger partial charge in [-0.2, -0.15) is 0 Å². The van der Waals surface area contributed by atoms with Gasteiger partial charge in [0, 0.05) is 11.5 Å². The summed E-state index contributed by atoms with van der Waals surface area (Å²) in [5.74, 6) is 2.46. The summed E-state index contributed by atoms with van der Waals surface area (Å²) in [6.07, 6.45) is 2.54. The first kappa shape index (κ1) is 11.0. The SMILES string of the molecule is [B]c1cc(C(C)C2CC2)c(O)c2c1OCC2C. The van der Waals surface area contributed by atoms with Crippen molar-refractivity contribution in [3.63, 3.8) is 0 Å². The first-order valence-electron chi connectivity index (χ1n) is 6.37. The zero-order chi connectivity index (χ0) is 12.2. The van der Waals surface area contributed by atoms with Crippen LogP contribution in [0.1, 0.15) is 49.7 Å². The number of aromatic hydroxyl groups is 1. The normalized spacial score (nSPS) is 24.2. The van der Waals surface area contributed by atoms with E-state index in [1.54, 1.807) is 0 Å². The summed E-state index contributed by atoms with van der Waals surface area (Å²) in [6, 6.07) is 1.90. The number of phenols is 1. The van der Waals surface area contributed by atoms with Crippen LogP contribution in [0.3, 0.4) is 0 Å². The lowest BCUT2D eigenvalue weighted by Crippen LogP contribution is -2.10. The van der Waals surface area contributed by atoms with E-state index < -0.39 is 0 Å². The molecule has 1 N–H and O–H groups in total. The molecule has 1 heterocycles. The number of rotatable bonds is 2. The molecule has 1 aliphatic heterocycles. The van der Waals surface area contributed by atoms with Gasteiger partial charge in [0.1, 0.15) is 19.3 Å². The molecule has 2 unspecified atom stereocenters. The van der Waals surface area contributed by atoms with Gasteiger partial charge in [-0.05, 0) is 30.2 Å². The molecule has 2 radical (unpaired) electrons. The summed E-state index contributed by atoms with van der Waals surface area (Å²) in [7, 11) is 6.03. The number of ether oxygens (including phenoxy) is 1. The molecule has 0 bridgehead atoms. The highest BCUT2D eigenvalue weighted by molar-refractivity contribution is 6.34. The quantitative estimate of drug-likeness (QED) is 0.786. The molecule has 1 fully saturated rings. The van der Waals surface area contributed by atoms with E-state index in [2.05, 4.69) is 13.8 Å². The zero-order valence-electron chi connectivity index (χ0n) is 10.4. The Morgan fingerprint density at radius 1 is 1.47 bits per heavy atom. The maximum Gasteiger partial charge on any atom is 0.126 e. The Morgan fingerprint density at radius 2 is 2.18 bits per heavy atom. The van der Waals surface area contributed by atoms with E-state index in [0.717, 1.165) is 17.0 Å². The average Bonchev–Trinajstić information content (AvgIpc) is 3.06. The molecule has 3 heteroatoms. The highest BCUT2D eigenvalue weighted by Crippen LogP contribution is 2.48. The van der Waals surface area contributed by atoms with Gasteiger partial charge in [0.15, 0.2) is 0 Å². The van der Waals surface area contributed by atoms with E-state index in [0.29, 0.717) is 29.5 Å². The maximum atomic E-state index is 10.4. The first-order chi connectivity index (χ1) is 8.09. The standard InChI is InChI=1S/C14H17BO2/c1-7-6-17-14-11(15)5-10(13(16)12(7)14)8(2)9-3-4-9/h5,7-9,16H,3-4,6H2,1-2H3. The highest BCUT2D eigenvalue weighted by Gasteiger charge is 2.34. The zero-order valence-corrected chi connectivity index (χ0v) is 10.4. The summed E-state index contributed by atoms with van der Waals surface area (Å²) < 4.78 is 5.55. The fourth-order valence-corrected chi connectivity index (χ4v) is 2.83. The topological polar surface area (TPSA) is 29.5 Å². The molecule has 0 aromatic heterocycles. The minimum Gasteiger partial charge on any atom is -0.507 e. The molecule has 2 aliphatic rings. The molecule has 1 aromatic carbocycles. The van der Waals surface area contributed by atoms with E-state index in [-0.39, 0.29) is 5.92 Å². The minimum atomic E-state index is 0.235. The monoisotopic (exact) mass is 228 g/mol. The number of hydrogen-bond acceptors (Lipinski definition) is 2. The molecule has 3 rings (SSSR count). The molecule has 1 aromatic rings. The maximum absolute atomic E-state index is 10.4. The van der Waals surface area contributed by atoms with Crippen molar-refractivity contribution in [2.75, 3.05) is 6.61 Å². The van der Waals surface area contributed by atoms with Crippen molar-refractivity contribution in [2.45, 2.75) is 38.5 Å². The molecular formula is C14H17BO2. The van der Waals surface area contributed by atoms with E-state index in [1.807, 2.05) is 6.07 Å². The Balaban J connectivity index is 2.11. The Labute approximate surface area is 103 Å². The number of hydrogen-bond donors (Lipinski definition) is 1. The molecule has 0 amide bonds. The third kappa shape index (κ3) is 1.63. The van der Waals surface area contributed by atoms with Crippen LogP contribution in [0, 0.1) is 5.92 Å². The van der Waals surface area contributed by atoms with Crippen LogP contribution < -0.4 is 10.2 Å². The minimum absolute atomic E-state index is 0.235. The van der Waals surface area contributed by atoms with Crippen LogP contribution in [0.15, 0.2) is 6.07 Å². The van der Waals surface area contributed by atoms with Crippen LogP contribution in [0.25, 0.3) is 0 Å². The van der Waals surface area contributed by atoms with Gasteiger partial charge in [0.25, 0.3) is 0 Å². The number of phenolic OH excluding ortho intramolecular Hbond substituents is 1. The van der Waals surface area contributed by atoms with Gasteiger partial charge < -0.3 is 9.84 Å². The van der Waals surface area contributed by atoms with Crippen molar-refractivity contribution < 1.29 is 9.84 Å². The van der Waals surface area contributed by atoms with E-state index in [9.17, 15) is 5.11 Å². The lowest BCUT2D eigenvalue weighted by Gasteiger charge is -2.17. The van der Waals surface area contributed by atoms with Gasteiger partial charge in [0.05, 0.1) is 6.61 Å². The van der Waals surface area contributed by atoms with Crippen LogP contribution in [-0.4, -0.2) is 19.6 Å². The Bertz CT molecular complexity index is 466. The molecule has 0 spiro atoms. The van der Waals surface area contributed by atoms with Crippen LogP contribution in [0.5, 0.6) is 11.5 Å². The summed E-state index contributed by atoms with van der Waals surface area (Å²) in [6.45, 7) is 4.87. The van der Waals surface area contributed by atoms with E-state index >= 15 is 0 Å². The predicted molar refractivity (Wildman–Crippen MR) is 68.5 cm³/mol. The van der Waals surface area contributed by atoms with Crippen molar-refractivity contribution in [3.8, 4) is 11.5 Å². The Morgan fingerprint density at radius 3 is 2.82 bits per heavy atom. The summed E-state index contributed by atoms with van der Waals surface area (Å²) >= 11 is 0. The summed E-state index contributed by atoms with van der Waals surface area (Å²) in [4.78, 5) is 0. The van der Waals surface area contributed by atoms with Crippen molar-refractivity contribution in [1.29, 1.82) is 0 Å². The van der Waals surface area contributed by atoms with Crippen molar-refractivity contribution in [3.05, 3.63) is 17.2 Å². The smallest absolute Gasteiger partial charge is 0.126 e. The average molecular weight is 228 g/mol. The second-order valence-corrected chi connectivity index (χ2v) is 5.48. The summed E-state index contributed by atoms with van der Waals surface area (Å²) in [5, 5.41) is 10.4. The van der Waals surface area contributed by atoms with Gasteiger partial charge in [-0.15, -0.1) is 0 Å². The van der Waals surface area contributed by atoms with Gasteiger partial charge in [0.2, 0.25) is 0 Å². The Hall–Kier alpha value is -1.12.